The van der Waals surface area contributed by atoms with Crippen LogP contribution in [0.4, 0.5) is 0 Å². The van der Waals surface area contributed by atoms with Crippen molar-refractivity contribution in [3.63, 3.8) is 0 Å². The third kappa shape index (κ3) is 4.31. The molecule has 1 rings (SSSR count). The second-order valence-corrected chi connectivity index (χ2v) is 4.32. The Morgan fingerprint density at radius 1 is 1.67 bits per heavy atom. The fraction of sp³-hybridized carbons (Fsp3) is 0.500. The van der Waals surface area contributed by atoms with Crippen molar-refractivity contribution in [1.29, 1.82) is 0 Å². The summed E-state index contributed by atoms with van der Waals surface area (Å²) < 4.78 is 0. The van der Waals surface area contributed by atoms with E-state index in [1.807, 2.05) is 0 Å². The lowest BCUT2D eigenvalue weighted by Gasteiger charge is -2.18. The Morgan fingerprint density at radius 3 is 3.00 bits per heavy atom. The minimum atomic E-state index is 0.291. The fourth-order valence-corrected chi connectivity index (χ4v) is 2.04. The first-order valence-electron chi connectivity index (χ1n) is 4.97. The van der Waals surface area contributed by atoms with Gasteiger partial charge in [0.25, 0.3) is 0 Å². The summed E-state index contributed by atoms with van der Waals surface area (Å²) in [6.07, 6.45) is 0.607. The zero-order valence-electron chi connectivity index (χ0n) is 8.89. The summed E-state index contributed by atoms with van der Waals surface area (Å²) >= 11 is 1.75. The summed E-state index contributed by atoms with van der Waals surface area (Å²) in [5.74, 6) is 0.291. The average molecular weight is 227 g/mol. The number of nitrogens with zero attached hydrogens (tertiary/aromatic N) is 2. The number of hydrogen-bond donors (Lipinski definition) is 2. The van der Waals surface area contributed by atoms with Gasteiger partial charge >= 0.3 is 0 Å². The molecule has 15 heavy (non-hydrogen) atoms. The van der Waals surface area contributed by atoms with Crippen LogP contribution in [0.3, 0.4) is 0 Å². The zero-order valence-corrected chi connectivity index (χ0v) is 9.70. The maximum absolute atomic E-state index is 8.42. The van der Waals surface area contributed by atoms with Crippen LogP contribution in [0, 0.1) is 0 Å². The summed E-state index contributed by atoms with van der Waals surface area (Å²) in [6.45, 7) is 4.84. The van der Waals surface area contributed by atoms with Crippen LogP contribution in [0.15, 0.2) is 22.7 Å². The van der Waals surface area contributed by atoms with E-state index < -0.39 is 0 Å². The Morgan fingerprint density at radius 2 is 2.47 bits per heavy atom. The predicted octanol–water partition coefficient (Wildman–Crippen LogP) is 1.71. The third-order valence-electron chi connectivity index (χ3n) is 2.22. The van der Waals surface area contributed by atoms with Crippen molar-refractivity contribution in [1.82, 2.24) is 4.90 Å². The average Bonchev–Trinajstić information content (AvgIpc) is 2.76. The van der Waals surface area contributed by atoms with Crippen LogP contribution in [0.5, 0.6) is 0 Å². The van der Waals surface area contributed by atoms with Crippen molar-refractivity contribution in [2.24, 2.45) is 10.9 Å². The van der Waals surface area contributed by atoms with Gasteiger partial charge in [-0.25, -0.2) is 0 Å². The molecule has 0 spiro atoms. The van der Waals surface area contributed by atoms with Gasteiger partial charge in [0.2, 0.25) is 0 Å². The first-order valence-corrected chi connectivity index (χ1v) is 5.85. The molecule has 0 saturated heterocycles. The molecule has 0 aromatic carbocycles. The third-order valence-corrected chi connectivity index (χ3v) is 3.08. The summed E-state index contributed by atoms with van der Waals surface area (Å²) in [6, 6.07) is 4.17. The molecule has 1 aromatic heterocycles. The maximum Gasteiger partial charge on any atom is 0.140 e. The van der Waals surface area contributed by atoms with Gasteiger partial charge in [-0.1, -0.05) is 18.1 Å². The Labute approximate surface area is 94.0 Å². The second-order valence-electron chi connectivity index (χ2n) is 3.29. The highest BCUT2D eigenvalue weighted by atomic mass is 32.1. The SMILES string of the molecule is CCN(CCC(N)=NO)Cc1cccs1. The van der Waals surface area contributed by atoms with Gasteiger partial charge in [0.1, 0.15) is 5.84 Å². The van der Waals surface area contributed by atoms with Crippen molar-refractivity contribution >= 4 is 17.2 Å². The van der Waals surface area contributed by atoms with Crippen LogP contribution in [-0.2, 0) is 6.54 Å². The Bertz CT molecular complexity index is 298. The van der Waals surface area contributed by atoms with Gasteiger partial charge in [0.15, 0.2) is 0 Å². The van der Waals surface area contributed by atoms with Gasteiger partial charge in [-0.2, -0.15) is 0 Å². The van der Waals surface area contributed by atoms with Crippen molar-refractivity contribution in [2.45, 2.75) is 19.9 Å². The molecular formula is C10H17N3OS. The molecule has 0 unspecified atom stereocenters. The Kier molecular flexibility index (Phi) is 5.14. The van der Waals surface area contributed by atoms with E-state index in [1.165, 1.54) is 4.88 Å². The molecule has 0 saturated carbocycles. The predicted molar refractivity (Wildman–Crippen MR) is 63.3 cm³/mol. The van der Waals surface area contributed by atoms with Crippen LogP contribution in [-0.4, -0.2) is 29.0 Å². The summed E-state index contributed by atoms with van der Waals surface area (Å²) in [5, 5.41) is 13.5. The standard InChI is InChI=1S/C10H17N3OS/c1-2-13(6-5-10(11)12-14)8-9-4-3-7-15-9/h3-4,7,14H,2,5-6,8H2,1H3,(H2,11,12). The molecule has 0 bridgehead atoms. The minimum Gasteiger partial charge on any atom is -0.409 e. The number of amidine groups is 1. The molecule has 0 atom stereocenters. The summed E-state index contributed by atoms with van der Waals surface area (Å²) in [7, 11) is 0. The summed E-state index contributed by atoms with van der Waals surface area (Å²) in [4.78, 5) is 3.61. The van der Waals surface area contributed by atoms with Crippen molar-refractivity contribution in [3.8, 4) is 0 Å². The highest BCUT2D eigenvalue weighted by molar-refractivity contribution is 7.09. The lowest BCUT2D eigenvalue weighted by Crippen LogP contribution is -2.27. The highest BCUT2D eigenvalue weighted by Crippen LogP contribution is 2.11. The van der Waals surface area contributed by atoms with Crippen LogP contribution in [0.25, 0.3) is 0 Å². The van der Waals surface area contributed by atoms with Crippen molar-refractivity contribution in [2.75, 3.05) is 13.1 Å². The molecule has 1 heterocycles. The smallest absolute Gasteiger partial charge is 0.140 e. The number of nitrogens with two attached hydrogens (primary N) is 1. The van der Waals surface area contributed by atoms with E-state index in [0.29, 0.717) is 12.3 Å². The fourth-order valence-electron chi connectivity index (χ4n) is 1.29. The largest absolute Gasteiger partial charge is 0.409 e. The monoisotopic (exact) mass is 227 g/mol. The normalized spacial score (nSPS) is 12.3. The van der Waals surface area contributed by atoms with Gasteiger partial charge in [-0.3, -0.25) is 4.90 Å². The van der Waals surface area contributed by atoms with E-state index in [1.54, 1.807) is 11.3 Å². The van der Waals surface area contributed by atoms with E-state index in [9.17, 15) is 0 Å². The van der Waals surface area contributed by atoms with Gasteiger partial charge in [-0.15, -0.1) is 11.3 Å². The zero-order chi connectivity index (χ0) is 11.1. The first kappa shape index (κ1) is 12.0. The molecule has 0 aliphatic heterocycles. The molecule has 0 amide bonds. The molecular weight excluding hydrogens is 210 g/mol. The van der Waals surface area contributed by atoms with E-state index in [-0.39, 0.29) is 0 Å². The van der Waals surface area contributed by atoms with Crippen molar-refractivity contribution < 1.29 is 5.21 Å². The molecule has 0 aliphatic rings. The highest BCUT2D eigenvalue weighted by Gasteiger charge is 2.05. The molecule has 0 radical (unpaired) electrons. The number of hydrogen-bond acceptors (Lipinski definition) is 4. The molecule has 4 nitrogen and oxygen atoms in total. The van der Waals surface area contributed by atoms with Gasteiger partial charge in [-0.05, 0) is 18.0 Å². The number of oxime groups is 1. The molecule has 84 valence electrons. The lowest BCUT2D eigenvalue weighted by molar-refractivity contribution is 0.285. The lowest BCUT2D eigenvalue weighted by atomic mass is 10.3. The minimum absolute atomic E-state index is 0.291. The number of thiophene rings is 1. The van der Waals surface area contributed by atoms with Crippen LogP contribution in [0.1, 0.15) is 18.2 Å². The quantitative estimate of drug-likeness (QED) is 0.336. The first-order chi connectivity index (χ1) is 7.26. The Balaban J connectivity index is 2.36. The number of rotatable bonds is 6. The second kappa shape index (κ2) is 6.42. The van der Waals surface area contributed by atoms with Crippen molar-refractivity contribution in [3.05, 3.63) is 22.4 Å². The van der Waals surface area contributed by atoms with Gasteiger partial charge < -0.3 is 10.9 Å². The van der Waals surface area contributed by atoms with Crippen LogP contribution < -0.4 is 5.73 Å². The Hall–Kier alpha value is -1.07. The van der Waals surface area contributed by atoms with E-state index in [4.69, 9.17) is 10.9 Å². The maximum atomic E-state index is 8.42. The molecule has 5 heteroatoms. The topological polar surface area (TPSA) is 61.8 Å². The molecule has 0 aliphatic carbocycles. The van der Waals surface area contributed by atoms with E-state index >= 15 is 0 Å². The van der Waals surface area contributed by atoms with Gasteiger partial charge in [0, 0.05) is 24.4 Å². The molecule has 0 fully saturated rings. The van der Waals surface area contributed by atoms with E-state index in [2.05, 4.69) is 34.5 Å². The van der Waals surface area contributed by atoms with Crippen LogP contribution >= 0.6 is 11.3 Å². The van der Waals surface area contributed by atoms with Gasteiger partial charge in [0.05, 0.1) is 0 Å². The van der Waals surface area contributed by atoms with Crippen LogP contribution in [0.2, 0.25) is 0 Å². The molecule has 3 N–H and O–H groups in total. The van der Waals surface area contributed by atoms with E-state index in [0.717, 1.165) is 19.6 Å². The molecule has 1 aromatic rings. The summed E-state index contributed by atoms with van der Waals surface area (Å²) in [5.41, 5.74) is 5.43.